The maximum Gasteiger partial charge on any atom is 1.00 e. The number of aromatic amines is 1. The molecule has 0 aliphatic rings. The van der Waals surface area contributed by atoms with Crippen LogP contribution in [0.4, 0.5) is 22.0 Å². The standard InChI is InChI=1S/C4H2F5N3.Li.H/c5-3(6,4(7,8)9)2-10-1-11-12-2;;/h1H,(H,10,11,12);;/q;+1;-1. The number of hydrogen-bond acceptors (Lipinski definition) is 2. The van der Waals surface area contributed by atoms with Gasteiger partial charge >= 0.3 is 31.0 Å². The van der Waals surface area contributed by atoms with E-state index in [4.69, 9.17) is 0 Å². The largest absolute Gasteiger partial charge is 1.00 e. The third-order valence-electron chi connectivity index (χ3n) is 1.07. The molecule has 0 radical (unpaired) electrons. The van der Waals surface area contributed by atoms with Crippen LogP contribution in [0, 0.1) is 0 Å². The minimum Gasteiger partial charge on any atom is -1.00 e. The Morgan fingerprint density at radius 2 is 1.77 bits per heavy atom. The first-order valence-electron chi connectivity index (χ1n) is 2.66. The summed E-state index contributed by atoms with van der Waals surface area (Å²) in [6.45, 7) is 0. The van der Waals surface area contributed by atoms with Gasteiger partial charge in [0.1, 0.15) is 6.33 Å². The van der Waals surface area contributed by atoms with Crippen LogP contribution in [-0.4, -0.2) is 21.4 Å². The smallest absolute Gasteiger partial charge is 1.00 e. The van der Waals surface area contributed by atoms with Crippen molar-refractivity contribution in [1.29, 1.82) is 0 Å². The molecule has 1 aromatic heterocycles. The molecule has 1 rings (SSSR count). The molecule has 0 aliphatic carbocycles. The van der Waals surface area contributed by atoms with Crippen molar-refractivity contribution in [3.63, 3.8) is 0 Å². The van der Waals surface area contributed by atoms with Crippen LogP contribution in [0.2, 0.25) is 0 Å². The molecule has 9 heteroatoms. The van der Waals surface area contributed by atoms with Crippen molar-refractivity contribution in [2.24, 2.45) is 0 Å². The molecule has 0 fully saturated rings. The second kappa shape index (κ2) is 3.63. The number of hydrogen-bond donors (Lipinski definition) is 1. The molecule has 13 heavy (non-hydrogen) atoms. The molecule has 0 amide bonds. The molecular formula is C4H3F5LiN3. The van der Waals surface area contributed by atoms with Crippen molar-refractivity contribution in [3.05, 3.63) is 12.2 Å². The molecule has 1 aromatic rings. The van der Waals surface area contributed by atoms with E-state index in [1.54, 1.807) is 0 Å². The van der Waals surface area contributed by atoms with Gasteiger partial charge in [0.25, 0.3) is 0 Å². The maximum absolute atomic E-state index is 12.2. The molecule has 0 saturated carbocycles. The van der Waals surface area contributed by atoms with Crippen LogP contribution in [0.3, 0.4) is 0 Å². The first kappa shape index (κ1) is 12.4. The maximum atomic E-state index is 12.2. The van der Waals surface area contributed by atoms with Gasteiger partial charge in [-0.1, -0.05) is 0 Å². The Hall–Kier alpha value is -0.613. The molecule has 0 aliphatic heterocycles. The summed E-state index contributed by atoms with van der Waals surface area (Å²) in [5, 5.41) is 4.34. The summed E-state index contributed by atoms with van der Waals surface area (Å²) in [5.41, 5.74) is 0. The normalized spacial score (nSPS) is 12.4. The monoisotopic (exact) mass is 195 g/mol. The first-order chi connectivity index (χ1) is 5.36. The van der Waals surface area contributed by atoms with Crippen molar-refractivity contribution in [3.8, 4) is 0 Å². The zero-order valence-corrected chi connectivity index (χ0v) is 6.36. The van der Waals surface area contributed by atoms with E-state index < -0.39 is 17.9 Å². The predicted octanol–water partition coefficient (Wildman–Crippen LogP) is -1.42. The number of halogens is 5. The van der Waals surface area contributed by atoms with Gasteiger partial charge in [-0.25, -0.2) is 4.98 Å². The average molecular weight is 195 g/mol. The van der Waals surface area contributed by atoms with E-state index in [9.17, 15) is 22.0 Å². The van der Waals surface area contributed by atoms with Crippen LogP contribution in [0.15, 0.2) is 6.33 Å². The second-order valence-corrected chi connectivity index (χ2v) is 1.91. The molecule has 70 valence electrons. The molecular weight excluding hydrogens is 192 g/mol. The van der Waals surface area contributed by atoms with Gasteiger partial charge in [-0.3, -0.25) is 5.10 Å². The fraction of sp³-hybridized carbons (Fsp3) is 0.500. The zero-order chi connectivity index (χ0) is 9.41. The summed E-state index contributed by atoms with van der Waals surface area (Å²) in [4.78, 5) is 2.72. The van der Waals surface area contributed by atoms with Gasteiger partial charge in [0, 0.05) is 0 Å². The van der Waals surface area contributed by atoms with Crippen LogP contribution in [-0.2, 0) is 5.92 Å². The Morgan fingerprint density at radius 1 is 1.23 bits per heavy atom. The third kappa shape index (κ3) is 2.19. The topological polar surface area (TPSA) is 41.6 Å². The van der Waals surface area contributed by atoms with Crippen molar-refractivity contribution in [2.75, 3.05) is 0 Å². The van der Waals surface area contributed by atoms with Gasteiger partial charge in [-0.15, -0.1) is 0 Å². The van der Waals surface area contributed by atoms with E-state index in [1.165, 1.54) is 5.10 Å². The Labute approximate surface area is 82.4 Å². The fourth-order valence-electron chi connectivity index (χ4n) is 0.491. The summed E-state index contributed by atoms with van der Waals surface area (Å²) in [5.74, 6) is -6.47. The predicted molar refractivity (Wildman–Crippen MR) is 27.4 cm³/mol. The van der Waals surface area contributed by atoms with Gasteiger partial charge in [0.2, 0.25) is 5.82 Å². The summed E-state index contributed by atoms with van der Waals surface area (Å²) in [6.07, 6.45) is -5.07. The Kier molecular flexibility index (Phi) is 3.46. The van der Waals surface area contributed by atoms with Gasteiger partial charge in [-0.2, -0.15) is 27.1 Å². The summed E-state index contributed by atoms with van der Waals surface area (Å²) >= 11 is 0. The number of nitrogens with zero attached hydrogens (tertiary/aromatic N) is 2. The van der Waals surface area contributed by atoms with Gasteiger partial charge < -0.3 is 1.43 Å². The number of aromatic nitrogens is 3. The van der Waals surface area contributed by atoms with Crippen LogP contribution in [0.25, 0.3) is 0 Å². The molecule has 1 N–H and O–H groups in total. The Morgan fingerprint density at radius 3 is 2.08 bits per heavy atom. The Bertz CT molecular complexity index is 260. The molecule has 0 bridgehead atoms. The number of rotatable bonds is 1. The van der Waals surface area contributed by atoms with E-state index in [-0.39, 0.29) is 20.3 Å². The molecule has 1 heterocycles. The van der Waals surface area contributed by atoms with E-state index >= 15 is 0 Å². The summed E-state index contributed by atoms with van der Waals surface area (Å²) in [6, 6.07) is 0. The molecule has 0 unspecified atom stereocenters. The van der Waals surface area contributed by atoms with E-state index in [1.807, 2.05) is 0 Å². The van der Waals surface area contributed by atoms with Crippen LogP contribution < -0.4 is 18.9 Å². The van der Waals surface area contributed by atoms with Crippen molar-refractivity contribution in [2.45, 2.75) is 12.1 Å². The van der Waals surface area contributed by atoms with Crippen molar-refractivity contribution in [1.82, 2.24) is 15.2 Å². The van der Waals surface area contributed by atoms with Crippen LogP contribution in [0.5, 0.6) is 0 Å². The minimum atomic E-state index is -5.65. The average Bonchev–Trinajstić information content (AvgIpc) is 2.34. The molecule has 0 atom stereocenters. The SMILES string of the molecule is FC(F)(F)C(F)(F)c1ncn[nH]1.[H-].[Li+]. The summed E-state index contributed by atoms with van der Waals surface area (Å²) < 4.78 is 59.2. The van der Waals surface area contributed by atoms with Crippen molar-refractivity contribution >= 4 is 0 Å². The van der Waals surface area contributed by atoms with Gasteiger partial charge in [0.05, 0.1) is 0 Å². The number of nitrogens with one attached hydrogen (secondary N) is 1. The fourth-order valence-corrected chi connectivity index (χ4v) is 0.491. The summed E-state index contributed by atoms with van der Waals surface area (Å²) in [7, 11) is 0. The minimum absolute atomic E-state index is 0. The molecule has 0 spiro atoms. The second-order valence-electron chi connectivity index (χ2n) is 1.91. The third-order valence-corrected chi connectivity index (χ3v) is 1.07. The van der Waals surface area contributed by atoms with Crippen molar-refractivity contribution < 1.29 is 42.2 Å². The zero-order valence-electron chi connectivity index (χ0n) is 7.36. The van der Waals surface area contributed by atoms with Crippen LogP contribution >= 0.6 is 0 Å². The molecule has 0 saturated heterocycles. The van der Waals surface area contributed by atoms with E-state index in [2.05, 4.69) is 10.1 Å². The van der Waals surface area contributed by atoms with E-state index in [0.29, 0.717) is 6.33 Å². The number of H-pyrrole nitrogens is 1. The molecule has 3 nitrogen and oxygen atoms in total. The molecule has 0 aromatic carbocycles. The van der Waals surface area contributed by atoms with Crippen LogP contribution in [0.1, 0.15) is 7.25 Å². The number of alkyl halides is 5. The van der Waals surface area contributed by atoms with Gasteiger partial charge in [-0.05, 0) is 0 Å². The van der Waals surface area contributed by atoms with E-state index in [0.717, 1.165) is 0 Å². The Balaban J connectivity index is 0. The van der Waals surface area contributed by atoms with Gasteiger partial charge in [0.15, 0.2) is 0 Å². The first-order valence-corrected chi connectivity index (χ1v) is 2.66. The quantitative estimate of drug-likeness (QED) is 0.441.